The normalized spacial score (nSPS) is 19.3. The summed E-state index contributed by atoms with van der Waals surface area (Å²) >= 11 is 1.41. The van der Waals surface area contributed by atoms with Crippen LogP contribution >= 0.6 is 11.8 Å². The lowest BCUT2D eigenvalue weighted by molar-refractivity contribution is -0.123. The zero-order valence-corrected chi connectivity index (χ0v) is 19.2. The lowest BCUT2D eigenvalue weighted by Crippen LogP contribution is -2.50. The molecule has 2 aliphatic rings. The highest BCUT2D eigenvalue weighted by molar-refractivity contribution is 8.01. The highest BCUT2D eigenvalue weighted by Gasteiger charge is 2.59. The molecule has 2 heterocycles. The minimum absolute atomic E-state index is 0.0337. The van der Waals surface area contributed by atoms with Gasteiger partial charge >= 0.3 is 0 Å². The molecular formula is C26H23FN2O3S. The third-order valence-corrected chi connectivity index (χ3v) is 7.63. The largest absolute Gasteiger partial charge is 0.497 e. The van der Waals surface area contributed by atoms with Crippen LogP contribution in [0.25, 0.3) is 0 Å². The summed E-state index contributed by atoms with van der Waals surface area (Å²) in [6.07, 6.45) is 0. The molecule has 0 bridgehead atoms. The van der Waals surface area contributed by atoms with Crippen LogP contribution in [-0.4, -0.2) is 36.1 Å². The smallest absolute Gasteiger partial charge is 0.268 e. The minimum Gasteiger partial charge on any atom is -0.497 e. The van der Waals surface area contributed by atoms with Gasteiger partial charge in [0.15, 0.2) is 4.87 Å². The van der Waals surface area contributed by atoms with Crippen LogP contribution in [0.15, 0.2) is 66.7 Å². The van der Waals surface area contributed by atoms with Gasteiger partial charge in [0.05, 0.1) is 24.9 Å². The summed E-state index contributed by atoms with van der Waals surface area (Å²) in [6.45, 7) is 2.74. The molecule has 0 unspecified atom stereocenters. The second kappa shape index (κ2) is 8.23. The van der Waals surface area contributed by atoms with Crippen LogP contribution in [0.5, 0.6) is 5.75 Å². The van der Waals surface area contributed by atoms with Crippen molar-refractivity contribution in [2.45, 2.75) is 18.3 Å². The molecule has 5 rings (SSSR count). The first-order valence-electron chi connectivity index (χ1n) is 10.7. The maximum absolute atomic E-state index is 14.5. The number of amides is 2. The minimum atomic E-state index is -1.26. The van der Waals surface area contributed by atoms with Crippen molar-refractivity contribution in [3.63, 3.8) is 0 Å². The van der Waals surface area contributed by atoms with Crippen molar-refractivity contribution in [1.82, 2.24) is 4.90 Å². The van der Waals surface area contributed by atoms with Gasteiger partial charge in [-0.3, -0.25) is 9.59 Å². The quantitative estimate of drug-likeness (QED) is 0.563. The Labute approximate surface area is 196 Å². The lowest BCUT2D eigenvalue weighted by atomic mass is 10.0. The first kappa shape index (κ1) is 21.5. The highest BCUT2D eigenvalue weighted by Crippen LogP contribution is 2.55. The molecule has 0 aromatic heterocycles. The zero-order valence-electron chi connectivity index (χ0n) is 18.4. The summed E-state index contributed by atoms with van der Waals surface area (Å²) in [5.41, 5.74) is 3.53. The van der Waals surface area contributed by atoms with Crippen molar-refractivity contribution in [3.05, 3.63) is 94.8 Å². The molecule has 2 amide bonds. The van der Waals surface area contributed by atoms with Crippen LogP contribution in [0.1, 0.15) is 27.0 Å². The Hall–Kier alpha value is -3.32. The van der Waals surface area contributed by atoms with Crippen LogP contribution in [0, 0.1) is 12.7 Å². The van der Waals surface area contributed by atoms with E-state index in [2.05, 4.69) is 0 Å². The molecule has 7 heteroatoms. The molecule has 0 saturated carbocycles. The van der Waals surface area contributed by atoms with E-state index >= 15 is 0 Å². The number of rotatable bonds is 4. The van der Waals surface area contributed by atoms with Gasteiger partial charge in [0.2, 0.25) is 0 Å². The predicted molar refractivity (Wildman–Crippen MR) is 127 cm³/mol. The topological polar surface area (TPSA) is 49.9 Å². The lowest BCUT2D eigenvalue weighted by Gasteiger charge is -2.33. The van der Waals surface area contributed by atoms with E-state index in [0.29, 0.717) is 30.2 Å². The summed E-state index contributed by atoms with van der Waals surface area (Å²) in [7, 11) is 1.57. The van der Waals surface area contributed by atoms with Crippen LogP contribution < -0.4 is 9.64 Å². The van der Waals surface area contributed by atoms with Crippen LogP contribution in [0.2, 0.25) is 0 Å². The van der Waals surface area contributed by atoms with Crippen molar-refractivity contribution in [2.24, 2.45) is 0 Å². The molecular weight excluding hydrogens is 439 g/mol. The van der Waals surface area contributed by atoms with E-state index in [1.807, 2.05) is 49.4 Å². The number of ether oxygens (including phenoxy) is 1. The van der Waals surface area contributed by atoms with Gasteiger partial charge in [0.1, 0.15) is 11.6 Å². The maximum Gasteiger partial charge on any atom is 0.268 e. The Morgan fingerprint density at radius 2 is 1.88 bits per heavy atom. The number of nitrogens with zero attached hydrogens (tertiary/aromatic N) is 2. The Morgan fingerprint density at radius 1 is 1.12 bits per heavy atom. The molecule has 168 valence electrons. The zero-order chi connectivity index (χ0) is 23.2. The molecule has 0 aliphatic carbocycles. The molecule has 1 atom stereocenters. The second-order valence-electron chi connectivity index (χ2n) is 8.19. The van der Waals surface area contributed by atoms with Crippen LogP contribution in [0.4, 0.5) is 10.1 Å². The number of anilines is 1. The first-order chi connectivity index (χ1) is 16.0. The second-order valence-corrected chi connectivity index (χ2v) is 9.48. The van der Waals surface area contributed by atoms with Gasteiger partial charge in [-0.15, -0.1) is 11.8 Å². The molecule has 5 nitrogen and oxygen atoms in total. The van der Waals surface area contributed by atoms with Crippen molar-refractivity contribution in [3.8, 4) is 5.75 Å². The van der Waals surface area contributed by atoms with E-state index < -0.39 is 16.6 Å². The Bertz CT molecular complexity index is 1250. The molecule has 2 aliphatic heterocycles. The number of methoxy groups -OCH3 is 1. The SMILES string of the molecule is COc1ccc2c(c1)[C@]1(SCCN1C(=O)c1ccccc1F)C(=O)N2Cc1ccc(C)cc1. The van der Waals surface area contributed by atoms with E-state index in [1.165, 1.54) is 28.8 Å². The van der Waals surface area contributed by atoms with E-state index in [4.69, 9.17) is 4.74 Å². The first-order valence-corrected chi connectivity index (χ1v) is 11.7. The average molecular weight is 463 g/mol. The van der Waals surface area contributed by atoms with Crippen molar-refractivity contribution in [2.75, 3.05) is 24.3 Å². The molecule has 3 aromatic carbocycles. The number of thioether (sulfide) groups is 1. The summed E-state index contributed by atoms with van der Waals surface area (Å²) in [4.78, 5) is 29.6. The van der Waals surface area contributed by atoms with E-state index in [-0.39, 0.29) is 11.5 Å². The van der Waals surface area contributed by atoms with Gasteiger partial charge in [-0.25, -0.2) is 4.39 Å². The number of halogens is 1. The Balaban J connectivity index is 1.62. The highest BCUT2D eigenvalue weighted by atomic mass is 32.2. The van der Waals surface area contributed by atoms with Crippen LogP contribution in [0.3, 0.4) is 0 Å². The van der Waals surface area contributed by atoms with Gasteiger partial charge in [0, 0.05) is 17.9 Å². The Morgan fingerprint density at radius 3 is 2.61 bits per heavy atom. The van der Waals surface area contributed by atoms with Gasteiger partial charge in [-0.2, -0.15) is 0 Å². The monoisotopic (exact) mass is 462 g/mol. The third kappa shape index (κ3) is 3.38. The number of aryl methyl sites for hydroxylation is 1. The summed E-state index contributed by atoms with van der Waals surface area (Å²) < 4.78 is 19.9. The third-order valence-electron chi connectivity index (χ3n) is 6.21. The van der Waals surface area contributed by atoms with Gasteiger partial charge in [-0.05, 0) is 42.8 Å². The molecule has 0 radical (unpaired) electrons. The fourth-order valence-electron chi connectivity index (χ4n) is 4.53. The van der Waals surface area contributed by atoms with Crippen molar-refractivity contribution >= 4 is 29.3 Å². The van der Waals surface area contributed by atoms with Crippen molar-refractivity contribution < 1.29 is 18.7 Å². The summed E-state index contributed by atoms with van der Waals surface area (Å²) in [5.74, 6) is -0.108. The number of carbonyl (C=O) groups is 2. The average Bonchev–Trinajstić information content (AvgIpc) is 3.37. The standard InChI is InChI=1S/C26H23FN2O3S/c1-17-7-9-18(10-8-17)16-28-23-12-11-19(32-2)15-21(23)26(25(28)31)29(13-14-33-26)24(30)20-5-3-4-6-22(20)27/h3-12,15H,13-14,16H2,1-2H3/t26-/m0/s1. The van der Waals surface area contributed by atoms with E-state index in [1.54, 1.807) is 24.1 Å². The molecule has 1 fully saturated rings. The predicted octanol–water partition coefficient (Wildman–Crippen LogP) is 4.73. The molecule has 3 aromatic rings. The molecule has 0 N–H and O–H groups in total. The van der Waals surface area contributed by atoms with E-state index in [0.717, 1.165) is 16.8 Å². The number of hydrogen-bond acceptors (Lipinski definition) is 4. The van der Waals surface area contributed by atoms with E-state index in [9.17, 15) is 14.0 Å². The van der Waals surface area contributed by atoms with Crippen LogP contribution in [-0.2, 0) is 16.2 Å². The molecule has 1 saturated heterocycles. The molecule has 33 heavy (non-hydrogen) atoms. The number of benzene rings is 3. The van der Waals surface area contributed by atoms with Gasteiger partial charge in [0.25, 0.3) is 11.8 Å². The van der Waals surface area contributed by atoms with Crippen molar-refractivity contribution in [1.29, 1.82) is 0 Å². The van der Waals surface area contributed by atoms with Gasteiger partial charge < -0.3 is 14.5 Å². The molecule has 1 spiro atoms. The maximum atomic E-state index is 14.5. The number of hydrogen-bond donors (Lipinski definition) is 0. The fraction of sp³-hybridized carbons (Fsp3) is 0.231. The summed E-state index contributed by atoms with van der Waals surface area (Å²) in [6, 6.07) is 19.4. The van der Waals surface area contributed by atoms with Gasteiger partial charge in [-0.1, -0.05) is 42.0 Å². The number of carbonyl (C=O) groups excluding carboxylic acids is 2. The fourth-order valence-corrected chi connectivity index (χ4v) is 5.99. The Kier molecular flexibility index (Phi) is 5.37. The number of fused-ring (bicyclic) bond motifs is 2. The summed E-state index contributed by atoms with van der Waals surface area (Å²) in [5, 5.41) is 0.